The molecule has 1 aliphatic heterocycles. The first-order valence-corrected chi connectivity index (χ1v) is 10.2. The van der Waals surface area contributed by atoms with Crippen molar-refractivity contribution in [1.82, 2.24) is 5.32 Å². The van der Waals surface area contributed by atoms with Gasteiger partial charge >= 0.3 is 5.97 Å². The topological polar surface area (TPSA) is 66.4 Å². The van der Waals surface area contributed by atoms with Crippen molar-refractivity contribution >= 4 is 11.9 Å². The van der Waals surface area contributed by atoms with E-state index in [1.54, 1.807) is 0 Å². The van der Waals surface area contributed by atoms with Crippen LogP contribution in [0.5, 0.6) is 0 Å². The van der Waals surface area contributed by atoms with Gasteiger partial charge in [-0.2, -0.15) is 0 Å². The van der Waals surface area contributed by atoms with Crippen LogP contribution in [0.4, 0.5) is 0 Å². The van der Waals surface area contributed by atoms with E-state index in [2.05, 4.69) is 33.0 Å². The van der Waals surface area contributed by atoms with Crippen LogP contribution in [0.1, 0.15) is 66.2 Å². The molecule has 9 atom stereocenters. The zero-order chi connectivity index (χ0) is 18.1. The van der Waals surface area contributed by atoms with Gasteiger partial charge in [0.2, 0.25) is 5.91 Å². The van der Waals surface area contributed by atoms with Crippen molar-refractivity contribution < 1.29 is 14.7 Å². The van der Waals surface area contributed by atoms with Crippen molar-refractivity contribution in [2.24, 2.45) is 46.3 Å². The van der Waals surface area contributed by atoms with E-state index in [4.69, 9.17) is 0 Å². The van der Waals surface area contributed by atoms with Gasteiger partial charge in [0.15, 0.2) is 0 Å². The fourth-order valence-corrected chi connectivity index (χ4v) is 7.94. The number of hydrogen-bond donors (Lipinski definition) is 2. The summed E-state index contributed by atoms with van der Waals surface area (Å²) >= 11 is 0. The summed E-state index contributed by atoms with van der Waals surface area (Å²) < 4.78 is 0. The van der Waals surface area contributed by atoms with Crippen LogP contribution in [0.15, 0.2) is 0 Å². The molecule has 4 heteroatoms. The number of piperidine rings is 1. The van der Waals surface area contributed by atoms with Crippen molar-refractivity contribution in [3.63, 3.8) is 0 Å². The summed E-state index contributed by atoms with van der Waals surface area (Å²) in [5, 5.41) is 13.2. The molecule has 0 bridgehead atoms. The Labute approximate surface area is 151 Å². The Morgan fingerprint density at radius 2 is 1.80 bits per heavy atom. The Kier molecular flexibility index (Phi) is 3.80. The number of carbonyl (C=O) groups excluding carboxylic acids is 1. The maximum atomic E-state index is 12.0. The zero-order valence-corrected chi connectivity index (χ0v) is 16.0. The molecule has 4 nitrogen and oxygen atoms in total. The lowest BCUT2D eigenvalue weighted by Crippen LogP contribution is -2.63. The van der Waals surface area contributed by atoms with Gasteiger partial charge in [-0.25, -0.2) is 0 Å². The molecule has 0 spiro atoms. The lowest BCUT2D eigenvalue weighted by molar-refractivity contribution is -0.157. The van der Waals surface area contributed by atoms with Crippen LogP contribution in [-0.2, 0) is 9.59 Å². The molecule has 1 heterocycles. The highest BCUT2D eigenvalue weighted by molar-refractivity contribution is 5.77. The van der Waals surface area contributed by atoms with Crippen LogP contribution in [0, 0.1) is 46.3 Å². The summed E-state index contributed by atoms with van der Waals surface area (Å²) in [5.41, 5.74) is 0.138. The number of carbonyl (C=O) groups is 2. The Morgan fingerprint density at radius 3 is 2.48 bits per heavy atom. The molecule has 9 unspecified atom stereocenters. The molecule has 2 N–H and O–H groups in total. The molecule has 0 aromatic heterocycles. The number of hydrogen-bond acceptors (Lipinski definition) is 2. The second-order valence-electron chi connectivity index (χ2n) is 10.2. The summed E-state index contributed by atoms with van der Waals surface area (Å²) in [7, 11) is 0. The molecule has 140 valence electrons. The predicted molar refractivity (Wildman–Crippen MR) is 95.8 cm³/mol. The number of carboxylic acids is 1. The summed E-state index contributed by atoms with van der Waals surface area (Å²) in [6, 6.07) is 0.309. The summed E-state index contributed by atoms with van der Waals surface area (Å²) in [4.78, 5) is 23.9. The molecule has 4 fully saturated rings. The highest BCUT2D eigenvalue weighted by atomic mass is 16.4. The molecule has 4 rings (SSSR count). The number of fused-ring (bicyclic) bond motifs is 5. The number of carboxylic acid groups (broad SMARTS) is 1. The third-order valence-electron chi connectivity index (χ3n) is 9.08. The highest BCUT2D eigenvalue weighted by Crippen LogP contribution is 2.67. The molecule has 3 saturated carbocycles. The van der Waals surface area contributed by atoms with Crippen molar-refractivity contribution in [2.75, 3.05) is 0 Å². The van der Waals surface area contributed by atoms with E-state index in [-0.39, 0.29) is 28.6 Å². The molecular weight excluding hydrogens is 314 g/mol. The first-order valence-electron chi connectivity index (χ1n) is 10.2. The lowest BCUT2D eigenvalue weighted by atomic mass is 9.45. The van der Waals surface area contributed by atoms with Crippen molar-refractivity contribution in [3.05, 3.63) is 0 Å². The van der Waals surface area contributed by atoms with E-state index >= 15 is 0 Å². The Morgan fingerprint density at radius 1 is 1.08 bits per heavy atom. The standard InChI is InChI=1S/C21H33NO3/c1-11-10-15-20(3,8-6-16(23)22-15)13-5-7-21(4)14(17(11)13)9-12(2)18(21)19(24)25/h11-15,17-18H,5-10H2,1-4H3,(H,22,23)(H,24,25). The van der Waals surface area contributed by atoms with Crippen LogP contribution in [0.25, 0.3) is 0 Å². The Bertz CT molecular complexity index is 604. The SMILES string of the molecule is CC1CC2NC(=O)CCC2(C)C2CCC3(C)C(CC(C)C3C(=O)O)C12. The van der Waals surface area contributed by atoms with Gasteiger partial charge in [-0.3, -0.25) is 9.59 Å². The van der Waals surface area contributed by atoms with Gasteiger partial charge < -0.3 is 10.4 Å². The molecule has 0 aromatic carbocycles. The van der Waals surface area contributed by atoms with E-state index < -0.39 is 5.97 Å². The third kappa shape index (κ3) is 2.24. The fraction of sp³-hybridized carbons (Fsp3) is 0.905. The van der Waals surface area contributed by atoms with Crippen molar-refractivity contribution in [3.8, 4) is 0 Å². The molecule has 0 aromatic rings. The van der Waals surface area contributed by atoms with Gasteiger partial charge in [-0.1, -0.05) is 27.7 Å². The first kappa shape index (κ1) is 17.4. The zero-order valence-electron chi connectivity index (χ0n) is 16.0. The third-order valence-corrected chi connectivity index (χ3v) is 9.08. The van der Waals surface area contributed by atoms with E-state index in [1.165, 1.54) is 0 Å². The number of aliphatic carboxylic acids is 1. The minimum absolute atomic E-state index is 0.0538. The average Bonchev–Trinajstić information content (AvgIpc) is 2.79. The van der Waals surface area contributed by atoms with Crippen LogP contribution < -0.4 is 5.32 Å². The van der Waals surface area contributed by atoms with Gasteiger partial charge in [-0.15, -0.1) is 0 Å². The quantitative estimate of drug-likeness (QED) is 0.760. The van der Waals surface area contributed by atoms with Gasteiger partial charge in [0.25, 0.3) is 0 Å². The van der Waals surface area contributed by atoms with Crippen LogP contribution in [0.2, 0.25) is 0 Å². The van der Waals surface area contributed by atoms with E-state index in [0.717, 1.165) is 32.1 Å². The summed E-state index contributed by atoms with van der Waals surface area (Å²) in [5.74, 6) is 2.03. The molecule has 3 aliphatic carbocycles. The van der Waals surface area contributed by atoms with E-state index in [0.29, 0.717) is 36.1 Å². The van der Waals surface area contributed by atoms with E-state index in [1.807, 2.05) is 0 Å². The number of nitrogens with one attached hydrogen (secondary N) is 1. The predicted octanol–water partition coefficient (Wildman–Crippen LogP) is 3.70. The second-order valence-corrected chi connectivity index (χ2v) is 10.2. The minimum atomic E-state index is -0.589. The largest absolute Gasteiger partial charge is 0.481 e. The Balaban J connectivity index is 1.70. The Hall–Kier alpha value is -1.06. The summed E-state index contributed by atoms with van der Waals surface area (Å²) in [6.45, 7) is 9.16. The van der Waals surface area contributed by atoms with Crippen LogP contribution in [0.3, 0.4) is 0 Å². The fourth-order valence-electron chi connectivity index (χ4n) is 7.94. The average molecular weight is 347 g/mol. The van der Waals surface area contributed by atoms with Gasteiger partial charge in [0, 0.05) is 12.5 Å². The van der Waals surface area contributed by atoms with Crippen molar-refractivity contribution in [1.29, 1.82) is 0 Å². The molecular formula is C21H33NO3. The molecule has 1 saturated heterocycles. The molecule has 1 amide bonds. The van der Waals surface area contributed by atoms with Crippen molar-refractivity contribution in [2.45, 2.75) is 72.3 Å². The van der Waals surface area contributed by atoms with E-state index in [9.17, 15) is 14.7 Å². The number of rotatable bonds is 1. The van der Waals surface area contributed by atoms with Gasteiger partial charge in [0.05, 0.1) is 5.92 Å². The first-order chi connectivity index (χ1) is 11.7. The van der Waals surface area contributed by atoms with Gasteiger partial charge in [-0.05, 0) is 72.5 Å². The molecule has 0 radical (unpaired) electrons. The normalized spacial score (nSPS) is 54.9. The maximum Gasteiger partial charge on any atom is 0.307 e. The highest BCUT2D eigenvalue weighted by Gasteiger charge is 2.64. The monoisotopic (exact) mass is 347 g/mol. The van der Waals surface area contributed by atoms with Crippen LogP contribution >= 0.6 is 0 Å². The molecule has 25 heavy (non-hydrogen) atoms. The van der Waals surface area contributed by atoms with Gasteiger partial charge in [0.1, 0.15) is 0 Å². The summed E-state index contributed by atoms with van der Waals surface area (Å²) in [6.07, 6.45) is 5.93. The maximum absolute atomic E-state index is 12.0. The number of amides is 1. The smallest absolute Gasteiger partial charge is 0.307 e. The molecule has 4 aliphatic rings. The second kappa shape index (κ2) is 5.47. The lowest BCUT2D eigenvalue weighted by Gasteiger charge is -2.62. The van der Waals surface area contributed by atoms with Crippen LogP contribution in [-0.4, -0.2) is 23.0 Å². The minimum Gasteiger partial charge on any atom is -0.481 e.